The van der Waals surface area contributed by atoms with Crippen LogP contribution in [0.4, 0.5) is 18.9 Å². The summed E-state index contributed by atoms with van der Waals surface area (Å²) in [5, 5.41) is 19.6. The van der Waals surface area contributed by atoms with Gasteiger partial charge in [0.15, 0.2) is 17.1 Å². The molecular formula is C20H14F3N5O2. The van der Waals surface area contributed by atoms with Crippen LogP contribution in [-0.2, 0) is 23.9 Å². The molecule has 0 spiro atoms. The van der Waals surface area contributed by atoms with Gasteiger partial charge in [0, 0.05) is 6.42 Å². The number of alkyl halides is 3. The Morgan fingerprint density at radius 2 is 2.07 bits per heavy atom. The van der Waals surface area contributed by atoms with Gasteiger partial charge < -0.3 is 9.67 Å². The third kappa shape index (κ3) is 4.14. The molecule has 2 heterocycles. The number of aromatic nitrogens is 3. The van der Waals surface area contributed by atoms with Gasteiger partial charge in [-0.25, -0.2) is 14.8 Å². The first kappa shape index (κ1) is 21.0. The number of carbonyl (C=O) groups excluding carboxylic acids is 1. The minimum absolute atomic E-state index is 0.0378. The summed E-state index contributed by atoms with van der Waals surface area (Å²) in [7, 11) is 0. The number of rotatable bonds is 5. The van der Waals surface area contributed by atoms with E-state index in [1.807, 2.05) is 6.07 Å². The number of carbonyl (C=O) groups is 1. The highest BCUT2D eigenvalue weighted by Gasteiger charge is 2.35. The van der Waals surface area contributed by atoms with Crippen LogP contribution in [0.5, 0.6) is 0 Å². The van der Waals surface area contributed by atoms with Crippen molar-refractivity contribution in [3.63, 3.8) is 0 Å². The summed E-state index contributed by atoms with van der Waals surface area (Å²) >= 11 is 0. The van der Waals surface area contributed by atoms with Crippen LogP contribution >= 0.6 is 0 Å². The van der Waals surface area contributed by atoms with Crippen molar-refractivity contribution >= 4 is 22.6 Å². The second kappa shape index (κ2) is 7.58. The molecule has 1 N–H and O–H groups in total. The Bertz CT molecular complexity index is 1220. The number of imidazole rings is 1. The monoisotopic (exact) mass is 413 g/mol. The molecular weight excluding hydrogens is 399 g/mol. The molecule has 0 aliphatic heterocycles. The fraction of sp³-hybridized carbons (Fsp3) is 0.250. The minimum atomic E-state index is -4.73. The lowest BCUT2D eigenvalue weighted by atomic mass is 9.94. The van der Waals surface area contributed by atoms with E-state index in [9.17, 15) is 23.1 Å². The zero-order valence-electron chi connectivity index (χ0n) is 15.6. The summed E-state index contributed by atoms with van der Waals surface area (Å²) in [4.78, 5) is 23.5. The normalized spacial score (nSPS) is 13.4. The lowest BCUT2D eigenvalue weighted by Crippen LogP contribution is -2.40. The van der Waals surface area contributed by atoms with Gasteiger partial charge in [-0.2, -0.15) is 18.4 Å². The van der Waals surface area contributed by atoms with E-state index in [1.165, 1.54) is 30.0 Å². The van der Waals surface area contributed by atoms with Gasteiger partial charge in [0.05, 0.1) is 30.5 Å². The largest absolute Gasteiger partial charge is 0.407 e. The fourth-order valence-corrected chi connectivity index (χ4v) is 2.95. The Morgan fingerprint density at radius 3 is 2.70 bits per heavy atom. The van der Waals surface area contributed by atoms with Crippen LogP contribution in [0.2, 0.25) is 0 Å². The third-order valence-electron chi connectivity index (χ3n) is 4.53. The number of pyridine rings is 1. The Balaban J connectivity index is 1.83. The third-order valence-corrected chi connectivity index (χ3v) is 4.53. The Labute approximate surface area is 168 Å². The van der Waals surface area contributed by atoms with Crippen molar-refractivity contribution in [3.8, 4) is 6.07 Å². The topological polar surface area (TPSA) is 96.2 Å². The number of nitrogens with zero attached hydrogens (tertiary/aromatic N) is 5. The molecule has 0 radical (unpaired) electrons. The van der Waals surface area contributed by atoms with Gasteiger partial charge >= 0.3 is 6.18 Å². The van der Waals surface area contributed by atoms with Crippen LogP contribution < -0.4 is 0 Å². The van der Waals surface area contributed by atoms with Gasteiger partial charge in [0.25, 0.3) is 0 Å². The lowest BCUT2D eigenvalue weighted by Gasteiger charge is -2.23. The summed E-state index contributed by atoms with van der Waals surface area (Å²) < 4.78 is 40.9. The smallest absolute Gasteiger partial charge is 0.380 e. The molecule has 0 bridgehead atoms. The summed E-state index contributed by atoms with van der Waals surface area (Å²) in [6.07, 6.45) is -3.82. The summed E-state index contributed by atoms with van der Waals surface area (Å²) in [6.45, 7) is 7.92. The van der Waals surface area contributed by atoms with Crippen molar-refractivity contribution in [1.82, 2.24) is 14.5 Å². The predicted octanol–water partition coefficient (Wildman–Crippen LogP) is 3.44. The molecule has 0 saturated carbocycles. The molecule has 0 unspecified atom stereocenters. The molecule has 1 atom stereocenters. The van der Waals surface area contributed by atoms with Gasteiger partial charge in [0.2, 0.25) is 0 Å². The zero-order valence-corrected chi connectivity index (χ0v) is 15.6. The van der Waals surface area contributed by atoms with Crippen molar-refractivity contribution < 1.29 is 23.1 Å². The lowest BCUT2D eigenvalue weighted by molar-refractivity contribution is -0.138. The fourth-order valence-electron chi connectivity index (χ4n) is 2.95. The number of fused-ring (bicyclic) bond motifs is 1. The van der Waals surface area contributed by atoms with E-state index in [-0.39, 0.29) is 23.4 Å². The van der Waals surface area contributed by atoms with E-state index in [1.54, 1.807) is 6.07 Å². The molecule has 2 aromatic heterocycles. The van der Waals surface area contributed by atoms with Crippen molar-refractivity contribution in [2.24, 2.45) is 0 Å². The van der Waals surface area contributed by atoms with Crippen LogP contribution in [-0.4, -0.2) is 31.0 Å². The van der Waals surface area contributed by atoms with Crippen LogP contribution in [0.15, 0.2) is 36.7 Å². The molecule has 7 nitrogen and oxygen atoms in total. The molecule has 0 aliphatic carbocycles. The van der Waals surface area contributed by atoms with Crippen molar-refractivity contribution in [2.45, 2.75) is 31.7 Å². The first-order valence-corrected chi connectivity index (χ1v) is 8.60. The zero-order chi connectivity index (χ0) is 22.1. The SMILES string of the molecule is [C-]#[N+]c1ccc(CC(=O)[C@@](C)(O)Cn2cnc3nc(C#N)ccc32)cc1C(F)(F)F. The number of hydrogen-bond acceptors (Lipinski definition) is 5. The number of benzene rings is 1. The van der Waals surface area contributed by atoms with Gasteiger partial charge in [0.1, 0.15) is 17.4 Å². The molecule has 10 heteroatoms. The standard InChI is InChI=1S/C20H14F3N5O2/c1-19(30,10-28-11-26-18-16(28)6-4-13(9-24)27-18)17(29)8-12-3-5-15(25-2)14(7-12)20(21,22)23/h3-7,11,30H,8,10H2,1H3/t19-/m0/s1. The quantitative estimate of drug-likeness (QED) is 0.647. The molecule has 0 amide bonds. The number of halogens is 3. The van der Waals surface area contributed by atoms with Gasteiger partial charge in [-0.05, 0) is 24.6 Å². The molecule has 0 fully saturated rings. The van der Waals surface area contributed by atoms with E-state index in [0.29, 0.717) is 5.52 Å². The van der Waals surface area contributed by atoms with E-state index in [4.69, 9.17) is 11.8 Å². The second-order valence-corrected chi connectivity index (χ2v) is 6.86. The van der Waals surface area contributed by atoms with Crippen molar-refractivity contribution in [2.75, 3.05) is 0 Å². The Morgan fingerprint density at radius 1 is 1.33 bits per heavy atom. The number of Topliss-reactive ketones (excluding diaryl/α,β-unsaturated/α-hetero) is 1. The maximum absolute atomic E-state index is 13.1. The highest BCUT2D eigenvalue weighted by molar-refractivity contribution is 5.89. The maximum Gasteiger partial charge on any atom is 0.407 e. The van der Waals surface area contributed by atoms with Crippen molar-refractivity contribution in [3.05, 3.63) is 64.9 Å². The highest BCUT2D eigenvalue weighted by Crippen LogP contribution is 2.37. The predicted molar refractivity (Wildman–Crippen MR) is 99.3 cm³/mol. The van der Waals surface area contributed by atoms with E-state index >= 15 is 0 Å². The first-order valence-electron chi connectivity index (χ1n) is 8.60. The van der Waals surface area contributed by atoms with Crippen molar-refractivity contribution in [1.29, 1.82) is 5.26 Å². The average molecular weight is 413 g/mol. The molecule has 0 saturated heterocycles. The molecule has 0 aliphatic rings. The van der Waals surface area contributed by atoms with Crippen LogP contribution in [0.25, 0.3) is 16.0 Å². The first-order chi connectivity index (χ1) is 14.0. The molecule has 1 aromatic carbocycles. The van der Waals surface area contributed by atoms with E-state index < -0.39 is 35.2 Å². The molecule has 30 heavy (non-hydrogen) atoms. The number of aliphatic hydroxyl groups is 1. The molecule has 3 aromatic rings. The minimum Gasteiger partial charge on any atom is -0.380 e. The Kier molecular flexibility index (Phi) is 5.29. The summed E-state index contributed by atoms with van der Waals surface area (Å²) in [5.74, 6) is -0.699. The number of ketones is 1. The highest BCUT2D eigenvalue weighted by atomic mass is 19.4. The van der Waals surface area contributed by atoms with Crippen LogP contribution in [0, 0.1) is 17.9 Å². The van der Waals surface area contributed by atoms with E-state index in [0.717, 1.165) is 12.1 Å². The Hall–Kier alpha value is -3.76. The summed E-state index contributed by atoms with van der Waals surface area (Å²) in [5.41, 5.74) is -2.63. The van der Waals surface area contributed by atoms with Gasteiger partial charge in [-0.15, -0.1) is 0 Å². The van der Waals surface area contributed by atoms with Crippen LogP contribution in [0.3, 0.4) is 0 Å². The van der Waals surface area contributed by atoms with E-state index in [2.05, 4.69) is 14.8 Å². The molecule has 152 valence electrons. The van der Waals surface area contributed by atoms with Crippen LogP contribution in [0.1, 0.15) is 23.7 Å². The number of hydrogen-bond donors (Lipinski definition) is 1. The van der Waals surface area contributed by atoms with Gasteiger partial charge in [-0.1, -0.05) is 18.2 Å². The molecule has 3 rings (SSSR count). The summed E-state index contributed by atoms with van der Waals surface area (Å²) in [6, 6.07) is 7.95. The maximum atomic E-state index is 13.1. The number of nitriles is 1. The average Bonchev–Trinajstić information content (AvgIpc) is 3.08. The van der Waals surface area contributed by atoms with Gasteiger partial charge in [-0.3, -0.25) is 4.79 Å². The second-order valence-electron chi connectivity index (χ2n) is 6.86.